The summed E-state index contributed by atoms with van der Waals surface area (Å²) in [6.07, 6.45) is 3.45. The maximum Gasteiger partial charge on any atom is 0.185 e. The van der Waals surface area contributed by atoms with E-state index in [9.17, 15) is 4.79 Å². The van der Waals surface area contributed by atoms with Gasteiger partial charge in [0.25, 0.3) is 0 Å². The van der Waals surface area contributed by atoms with E-state index in [-0.39, 0.29) is 23.4 Å². The van der Waals surface area contributed by atoms with E-state index in [1.807, 2.05) is 65.0 Å². The fourth-order valence-corrected chi connectivity index (χ4v) is 3.29. The predicted molar refractivity (Wildman–Crippen MR) is 128 cm³/mol. The Labute approximate surface area is 187 Å². The highest BCUT2D eigenvalue weighted by molar-refractivity contribution is 6.06. The van der Waals surface area contributed by atoms with Crippen LogP contribution in [0.3, 0.4) is 0 Å². The first-order valence-electron chi connectivity index (χ1n) is 11.0. The molecule has 0 radical (unpaired) electrons. The summed E-state index contributed by atoms with van der Waals surface area (Å²) in [5.41, 5.74) is 2.35. The van der Waals surface area contributed by atoms with Crippen LogP contribution in [0.4, 0.5) is 0 Å². The van der Waals surface area contributed by atoms with E-state index in [0.717, 1.165) is 28.4 Å². The molecule has 4 nitrogen and oxygen atoms in total. The molecule has 0 aliphatic rings. The summed E-state index contributed by atoms with van der Waals surface area (Å²) in [6, 6.07) is 11.1. The highest BCUT2D eigenvalue weighted by Gasteiger charge is 2.26. The van der Waals surface area contributed by atoms with Gasteiger partial charge in [0, 0.05) is 11.1 Å². The molecule has 0 saturated carbocycles. The number of benzene rings is 2. The Balaban J connectivity index is 2.41. The molecule has 0 spiro atoms. The third-order valence-electron chi connectivity index (χ3n) is 4.44. The second kappa shape index (κ2) is 10.5. The average molecular weight is 425 g/mol. The lowest BCUT2D eigenvalue weighted by Crippen LogP contribution is -2.19. The monoisotopic (exact) mass is 424 g/mol. The van der Waals surface area contributed by atoms with E-state index >= 15 is 0 Å². The minimum absolute atomic E-state index is 0.0257. The molecule has 0 aliphatic carbocycles. The maximum absolute atomic E-state index is 12.6. The molecular formula is C27H36O4. The first-order chi connectivity index (χ1) is 14.5. The topological polar surface area (TPSA) is 44.8 Å². The van der Waals surface area contributed by atoms with Crippen LogP contribution in [0.15, 0.2) is 42.5 Å². The van der Waals surface area contributed by atoms with Crippen LogP contribution in [0.5, 0.6) is 17.2 Å². The second-order valence-corrected chi connectivity index (χ2v) is 9.13. The zero-order valence-corrected chi connectivity index (χ0v) is 20.1. The van der Waals surface area contributed by atoms with Gasteiger partial charge in [0.1, 0.15) is 17.2 Å². The Bertz CT molecular complexity index is 869. The van der Waals surface area contributed by atoms with Crippen molar-refractivity contribution in [2.24, 2.45) is 0 Å². The smallest absolute Gasteiger partial charge is 0.185 e. The Morgan fingerprint density at radius 2 is 1.45 bits per heavy atom. The summed E-state index contributed by atoms with van der Waals surface area (Å²) in [4.78, 5) is 12.6. The highest BCUT2D eigenvalue weighted by atomic mass is 16.5. The number of allylic oxidation sites excluding steroid dienone is 1. The molecule has 0 aliphatic heterocycles. The molecule has 2 aromatic carbocycles. The van der Waals surface area contributed by atoms with Crippen LogP contribution in [-0.4, -0.2) is 24.6 Å². The minimum atomic E-state index is -0.158. The summed E-state index contributed by atoms with van der Waals surface area (Å²) in [7, 11) is 0. The van der Waals surface area contributed by atoms with Gasteiger partial charge in [-0.1, -0.05) is 26.8 Å². The summed E-state index contributed by atoms with van der Waals surface area (Å²) in [5, 5.41) is 0. The van der Waals surface area contributed by atoms with Crippen LogP contribution in [0.25, 0.3) is 6.08 Å². The number of carbonyl (C=O) groups is 1. The zero-order chi connectivity index (χ0) is 23.2. The van der Waals surface area contributed by atoms with Gasteiger partial charge in [-0.05, 0) is 88.1 Å². The molecular weight excluding hydrogens is 388 g/mol. The summed E-state index contributed by atoms with van der Waals surface area (Å²) in [6.45, 7) is 17.0. The molecule has 0 saturated heterocycles. The third kappa shape index (κ3) is 7.16. The van der Waals surface area contributed by atoms with Gasteiger partial charge in [0.05, 0.1) is 18.8 Å². The Hall–Kier alpha value is -2.75. The molecule has 0 unspecified atom stereocenters. The number of ether oxygens (including phenoxy) is 3. The van der Waals surface area contributed by atoms with E-state index in [1.165, 1.54) is 0 Å². The predicted octanol–water partition coefficient (Wildman–Crippen LogP) is 6.85. The van der Waals surface area contributed by atoms with Gasteiger partial charge < -0.3 is 14.2 Å². The lowest BCUT2D eigenvalue weighted by molar-refractivity contribution is 0.104. The molecule has 0 bridgehead atoms. The van der Waals surface area contributed by atoms with E-state index in [1.54, 1.807) is 18.2 Å². The lowest BCUT2D eigenvalue weighted by atomic mass is 9.84. The van der Waals surface area contributed by atoms with E-state index in [0.29, 0.717) is 12.2 Å². The van der Waals surface area contributed by atoms with Crippen LogP contribution in [0.2, 0.25) is 0 Å². The maximum atomic E-state index is 12.6. The molecule has 0 N–H and O–H groups in total. The second-order valence-electron chi connectivity index (χ2n) is 9.13. The summed E-state index contributed by atoms with van der Waals surface area (Å²) < 4.78 is 17.7. The number of hydrogen-bond acceptors (Lipinski definition) is 4. The molecule has 4 heteroatoms. The number of ketones is 1. The quantitative estimate of drug-likeness (QED) is 0.326. The van der Waals surface area contributed by atoms with Crippen molar-refractivity contribution in [1.29, 1.82) is 0 Å². The van der Waals surface area contributed by atoms with Crippen molar-refractivity contribution >= 4 is 11.9 Å². The van der Waals surface area contributed by atoms with Gasteiger partial charge in [-0.2, -0.15) is 0 Å². The fourth-order valence-electron chi connectivity index (χ4n) is 3.29. The summed E-state index contributed by atoms with van der Waals surface area (Å²) in [5.74, 6) is 2.26. The fraction of sp³-hybridized carbons (Fsp3) is 0.444. The van der Waals surface area contributed by atoms with E-state index in [4.69, 9.17) is 14.2 Å². The SMILES string of the molecule is CCOc1ccc(C(=O)/C=C/c2cc(OC(C)C)c(C(C)(C)C)c(OC(C)C)c2)cc1. The molecule has 168 valence electrons. The van der Waals surface area contributed by atoms with Crippen LogP contribution in [0, 0.1) is 0 Å². The van der Waals surface area contributed by atoms with E-state index in [2.05, 4.69) is 20.8 Å². The lowest BCUT2D eigenvalue weighted by Gasteiger charge is -2.28. The number of carbonyl (C=O) groups excluding carboxylic acids is 1. The molecule has 2 rings (SSSR count). The normalized spacial score (nSPS) is 11.9. The van der Waals surface area contributed by atoms with Crippen molar-refractivity contribution in [3.8, 4) is 17.2 Å². The standard InChI is InChI=1S/C27H36O4/c1-9-29-22-13-11-21(12-14-22)23(28)15-10-20-16-24(30-18(2)3)26(27(6,7)8)25(17-20)31-19(4)5/h10-19H,9H2,1-8H3/b15-10+. The molecule has 0 aromatic heterocycles. The van der Waals surface area contributed by atoms with Gasteiger partial charge in [0.2, 0.25) is 0 Å². The van der Waals surface area contributed by atoms with Gasteiger partial charge in [-0.15, -0.1) is 0 Å². The first kappa shape index (κ1) is 24.5. The third-order valence-corrected chi connectivity index (χ3v) is 4.44. The van der Waals surface area contributed by atoms with E-state index < -0.39 is 0 Å². The molecule has 31 heavy (non-hydrogen) atoms. The van der Waals surface area contributed by atoms with Gasteiger partial charge in [-0.25, -0.2) is 0 Å². The van der Waals surface area contributed by atoms with Gasteiger partial charge in [0.15, 0.2) is 5.78 Å². The Morgan fingerprint density at radius 3 is 1.87 bits per heavy atom. The van der Waals surface area contributed by atoms with Crippen LogP contribution in [-0.2, 0) is 5.41 Å². The molecule has 0 heterocycles. The zero-order valence-electron chi connectivity index (χ0n) is 20.1. The van der Waals surface area contributed by atoms with Crippen LogP contribution in [0.1, 0.15) is 76.9 Å². The van der Waals surface area contributed by atoms with Crippen molar-refractivity contribution < 1.29 is 19.0 Å². The number of rotatable bonds is 9. The minimum Gasteiger partial charge on any atom is -0.494 e. The van der Waals surface area contributed by atoms with Crippen molar-refractivity contribution in [2.45, 2.75) is 73.0 Å². The molecule has 0 atom stereocenters. The summed E-state index contributed by atoms with van der Waals surface area (Å²) >= 11 is 0. The number of hydrogen-bond donors (Lipinski definition) is 0. The molecule has 2 aromatic rings. The van der Waals surface area contributed by atoms with Crippen LogP contribution >= 0.6 is 0 Å². The van der Waals surface area contributed by atoms with Crippen molar-refractivity contribution in [1.82, 2.24) is 0 Å². The first-order valence-corrected chi connectivity index (χ1v) is 11.0. The molecule has 0 fully saturated rings. The van der Waals surface area contributed by atoms with Gasteiger partial charge >= 0.3 is 0 Å². The van der Waals surface area contributed by atoms with Crippen molar-refractivity contribution in [3.05, 3.63) is 59.2 Å². The Morgan fingerprint density at radius 1 is 0.935 bits per heavy atom. The average Bonchev–Trinajstić information content (AvgIpc) is 2.64. The largest absolute Gasteiger partial charge is 0.494 e. The molecule has 0 amide bonds. The van der Waals surface area contributed by atoms with Gasteiger partial charge in [-0.3, -0.25) is 4.79 Å². The Kier molecular flexibility index (Phi) is 8.32. The highest BCUT2D eigenvalue weighted by Crippen LogP contribution is 2.41. The van der Waals surface area contributed by atoms with Crippen LogP contribution < -0.4 is 14.2 Å². The van der Waals surface area contributed by atoms with Crippen molar-refractivity contribution in [3.63, 3.8) is 0 Å². The van der Waals surface area contributed by atoms with Crippen molar-refractivity contribution in [2.75, 3.05) is 6.61 Å².